The number of aromatic nitrogens is 1. The monoisotopic (exact) mass is 402 g/mol. The molecule has 134 valence electrons. The summed E-state index contributed by atoms with van der Waals surface area (Å²) in [5, 5.41) is 5.33. The van der Waals surface area contributed by atoms with Crippen LogP contribution in [-0.2, 0) is 16.6 Å². The van der Waals surface area contributed by atoms with E-state index < -0.39 is 10.8 Å². The van der Waals surface area contributed by atoms with Gasteiger partial charge in [0.2, 0.25) is 0 Å². The second kappa shape index (κ2) is 8.62. The number of nitrogens with one attached hydrogen (secondary N) is 1. The molecule has 0 radical (unpaired) electrons. The number of carbonyl (C=O) groups excluding carboxylic acids is 1. The molecule has 4 nitrogen and oxygen atoms in total. The number of thioether (sulfide) groups is 1. The highest BCUT2D eigenvalue weighted by Gasteiger charge is 2.11. The van der Waals surface area contributed by atoms with Crippen molar-refractivity contribution in [2.45, 2.75) is 10.6 Å². The minimum atomic E-state index is -0.940. The topological polar surface area (TPSA) is 59.1 Å². The summed E-state index contributed by atoms with van der Waals surface area (Å²) in [6.45, 7) is 0. The van der Waals surface area contributed by atoms with Crippen LogP contribution in [0.5, 0.6) is 0 Å². The quantitative estimate of drug-likeness (QED) is 0.609. The molecule has 0 aliphatic heterocycles. The third-order valence-electron chi connectivity index (χ3n) is 3.67. The fraction of sp³-hybridized carbons (Fsp3) is 0.158. The van der Waals surface area contributed by atoms with Crippen molar-refractivity contribution >= 4 is 44.9 Å². The highest BCUT2D eigenvalue weighted by atomic mass is 32.2. The predicted octanol–water partition coefficient (Wildman–Crippen LogP) is 4.66. The van der Waals surface area contributed by atoms with E-state index in [1.54, 1.807) is 36.2 Å². The van der Waals surface area contributed by atoms with Crippen LogP contribution < -0.4 is 5.32 Å². The first kappa shape index (κ1) is 18.8. The van der Waals surface area contributed by atoms with E-state index in [4.69, 9.17) is 0 Å². The predicted molar refractivity (Wildman–Crippen MR) is 111 cm³/mol. The lowest BCUT2D eigenvalue weighted by Crippen LogP contribution is -2.12. The fourth-order valence-electron chi connectivity index (χ4n) is 2.43. The van der Waals surface area contributed by atoms with E-state index in [1.807, 2.05) is 29.8 Å². The molecule has 2 aromatic carbocycles. The average Bonchev–Trinajstić information content (AvgIpc) is 3.10. The number of hydrogen-bond donors (Lipinski definition) is 1. The van der Waals surface area contributed by atoms with E-state index >= 15 is 0 Å². The summed E-state index contributed by atoms with van der Waals surface area (Å²) in [5.74, 6) is 0.224. The van der Waals surface area contributed by atoms with E-state index in [2.05, 4.69) is 22.4 Å². The summed E-state index contributed by atoms with van der Waals surface area (Å²) in [7, 11) is -0.940. The SMILES string of the molecule is CSc1ccc(-c2csc(NC(=O)c3cccc(C[S@](C)=O)c3)n2)cc1. The molecule has 1 aromatic heterocycles. The van der Waals surface area contributed by atoms with Crippen LogP contribution in [0.4, 0.5) is 5.13 Å². The molecule has 0 aliphatic carbocycles. The second-order valence-corrected chi connectivity index (χ2v) is 8.81. The van der Waals surface area contributed by atoms with Gasteiger partial charge in [0.15, 0.2) is 5.13 Å². The maximum atomic E-state index is 12.5. The molecule has 3 rings (SSSR count). The lowest BCUT2D eigenvalue weighted by molar-refractivity contribution is 0.102. The molecule has 1 amide bonds. The van der Waals surface area contributed by atoms with Gasteiger partial charge in [-0.2, -0.15) is 0 Å². The van der Waals surface area contributed by atoms with Crippen LogP contribution in [0, 0.1) is 0 Å². The summed E-state index contributed by atoms with van der Waals surface area (Å²) in [6, 6.07) is 15.4. The van der Waals surface area contributed by atoms with Gasteiger partial charge in [-0.05, 0) is 36.1 Å². The zero-order valence-corrected chi connectivity index (χ0v) is 16.8. The van der Waals surface area contributed by atoms with E-state index in [0.29, 0.717) is 16.4 Å². The number of nitrogens with zero attached hydrogens (tertiary/aromatic N) is 1. The number of rotatable bonds is 6. The van der Waals surface area contributed by atoms with Crippen molar-refractivity contribution in [3.05, 3.63) is 65.0 Å². The Morgan fingerprint density at radius 2 is 2.00 bits per heavy atom. The first-order chi connectivity index (χ1) is 12.5. The Morgan fingerprint density at radius 3 is 2.69 bits per heavy atom. The molecule has 7 heteroatoms. The molecule has 0 fully saturated rings. The summed E-state index contributed by atoms with van der Waals surface area (Å²) in [5.41, 5.74) is 3.28. The molecule has 1 N–H and O–H groups in total. The molecule has 1 heterocycles. The molecule has 1 atom stereocenters. The van der Waals surface area contributed by atoms with Crippen LogP contribution in [0.15, 0.2) is 58.8 Å². The van der Waals surface area contributed by atoms with Gasteiger partial charge in [0.25, 0.3) is 5.91 Å². The maximum absolute atomic E-state index is 12.5. The fourth-order valence-corrected chi connectivity index (χ4v) is 4.20. The van der Waals surface area contributed by atoms with Gasteiger partial charge in [-0.1, -0.05) is 24.3 Å². The molecule has 3 aromatic rings. The molecular formula is C19H18N2O2S3. The number of carbonyl (C=O) groups is 1. The van der Waals surface area contributed by atoms with Crippen LogP contribution in [0.3, 0.4) is 0 Å². The standard InChI is InChI=1S/C19H18N2O2S3/c1-24-16-8-6-14(7-9-16)17-11-25-19(20-17)21-18(22)15-5-3-4-13(10-15)12-26(2)23/h3-11H,12H2,1-2H3,(H,20,21,22)/t26-/m0/s1. The van der Waals surface area contributed by atoms with E-state index in [-0.39, 0.29) is 5.91 Å². The van der Waals surface area contributed by atoms with Gasteiger partial charge in [-0.25, -0.2) is 4.98 Å². The Kier molecular flexibility index (Phi) is 6.24. The van der Waals surface area contributed by atoms with Crippen LogP contribution >= 0.6 is 23.1 Å². The van der Waals surface area contributed by atoms with Gasteiger partial charge < -0.3 is 0 Å². The third-order valence-corrected chi connectivity index (χ3v) is 5.91. The second-order valence-electron chi connectivity index (χ2n) is 5.64. The van der Waals surface area contributed by atoms with Crippen LogP contribution in [0.1, 0.15) is 15.9 Å². The largest absolute Gasteiger partial charge is 0.298 e. The summed E-state index contributed by atoms with van der Waals surface area (Å²) in [6.07, 6.45) is 3.69. The van der Waals surface area contributed by atoms with Gasteiger partial charge in [0, 0.05) is 44.2 Å². The van der Waals surface area contributed by atoms with Crippen LogP contribution in [0.25, 0.3) is 11.3 Å². The zero-order valence-electron chi connectivity index (χ0n) is 14.4. The summed E-state index contributed by atoms with van der Waals surface area (Å²) in [4.78, 5) is 18.2. The number of hydrogen-bond acceptors (Lipinski definition) is 5. The molecule has 0 aliphatic rings. The highest BCUT2D eigenvalue weighted by Crippen LogP contribution is 2.27. The smallest absolute Gasteiger partial charge is 0.257 e. The minimum Gasteiger partial charge on any atom is -0.298 e. The highest BCUT2D eigenvalue weighted by molar-refractivity contribution is 7.98. The van der Waals surface area contributed by atoms with Crippen molar-refractivity contribution in [3.8, 4) is 11.3 Å². The first-order valence-corrected chi connectivity index (χ1v) is 11.7. The number of anilines is 1. The molecule has 0 saturated heterocycles. The van der Waals surface area contributed by atoms with Crippen LogP contribution in [-0.4, -0.2) is 27.6 Å². The van der Waals surface area contributed by atoms with Gasteiger partial charge in [0.1, 0.15) is 0 Å². The Hall–Kier alpha value is -1.96. The number of benzene rings is 2. The van der Waals surface area contributed by atoms with Crippen molar-refractivity contribution in [2.75, 3.05) is 17.8 Å². The molecule has 0 bridgehead atoms. The van der Waals surface area contributed by atoms with Gasteiger partial charge in [0.05, 0.1) is 5.69 Å². The molecule has 0 spiro atoms. The number of amides is 1. The van der Waals surface area contributed by atoms with Crippen molar-refractivity contribution in [2.24, 2.45) is 0 Å². The average molecular weight is 403 g/mol. The summed E-state index contributed by atoms with van der Waals surface area (Å²) < 4.78 is 11.4. The molecule has 26 heavy (non-hydrogen) atoms. The molecule has 0 unspecified atom stereocenters. The third kappa shape index (κ3) is 4.81. The van der Waals surface area contributed by atoms with E-state index in [1.165, 1.54) is 16.2 Å². The van der Waals surface area contributed by atoms with Crippen molar-refractivity contribution in [1.82, 2.24) is 4.98 Å². The van der Waals surface area contributed by atoms with Gasteiger partial charge in [-0.15, -0.1) is 23.1 Å². The van der Waals surface area contributed by atoms with Crippen LogP contribution in [0.2, 0.25) is 0 Å². The minimum absolute atomic E-state index is 0.215. The van der Waals surface area contributed by atoms with Gasteiger partial charge in [-0.3, -0.25) is 14.3 Å². The Morgan fingerprint density at radius 1 is 1.23 bits per heavy atom. The first-order valence-electron chi connectivity index (χ1n) is 7.85. The Balaban J connectivity index is 1.72. The molecular weight excluding hydrogens is 384 g/mol. The summed E-state index contributed by atoms with van der Waals surface area (Å²) >= 11 is 3.09. The van der Waals surface area contributed by atoms with Crippen molar-refractivity contribution < 1.29 is 9.00 Å². The van der Waals surface area contributed by atoms with Crippen molar-refractivity contribution in [3.63, 3.8) is 0 Å². The Labute approximate surface area is 163 Å². The normalized spacial score (nSPS) is 11.9. The zero-order chi connectivity index (χ0) is 18.5. The van der Waals surface area contributed by atoms with E-state index in [0.717, 1.165) is 16.8 Å². The molecule has 0 saturated carbocycles. The van der Waals surface area contributed by atoms with Gasteiger partial charge >= 0.3 is 0 Å². The van der Waals surface area contributed by atoms with E-state index in [9.17, 15) is 9.00 Å². The Bertz CT molecular complexity index is 936. The van der Waals surface area contributed by atoms with Crippen molar-refractivity contribution in [1.29, 1.82) is 0 Å². The lowest BCUT2D eigenvalue weighted by Gasteiger charge is -2.04. The number of thiazole rings is 1. The maximum Gasteiger partial charge on any atom is 0.257 e. The lowest BCUT2D eigenvalue weighted by atomic mass is 10.1.